The van der Waals surface area contributed by atoms with Crippen LogP contribution < -0.4 is 10.6 Å². The Bertz CT molecular complexity index is 776. The van der Waals surface area contributed by atoms with Crippen molar-refractivity contribution < 1.29 is 4.79 Å². The molecule has 2 aromatic heterocycles. The Morgan fingerprint density at radius 2 is 2.17 bits per heavy atom. The minimum Gasteiger partial charge on any atom is -0.325 e. The molecule has 4 rings (SSSR count). The summed E-state index contributed by atoms with van der Waals surface area (Å²) in [6.07, 6.45) is 5.99. The average Bonchev–Trinajstić information content (AvgIpc) is 3.24. The van der Waals surface area contributed by atoms with Crippen LogP contribution in [0.1, 0.15) is 12.8 Å². The van der Waals surface area contributed by atoms with Crippen LogP contribution in [0.15, 0.2) is 42.0 Å². The summed E-state index contributed by atoms with van der Waals surface area (Å²) in [6.45, 7) is 0.925. The summed E-state index contributed by atoms with van der Waals surface area (Å²) in [5.41, 5.74) is 2.82. The zero-order valence-corrected chi connectivity index (χ0v) is 14.0. The lowest BCUT2D eigenvalue weighted by Gasteiger charge is -2.11. The van der Waals surface area contributed by atoms with Crippen LogP contribution in [0, 0.1) is 0 Å². The van der Waals surface area contributed by atoms with E-state index < -0.39 is 0 Å². The molecule has 0 saturated carbocycles. The van der Waals surface area contributed by atoms with Crippen LogP contribution in [0.3, 0.4) is 0 Å². The van der Waals surface area contributed by atoms with Crippen molar-refractivity contribution in [2.75, 3.05) is 11.9 Å². The lowest BCUT2D eigenvalue weighted by atomic mass is 10.1. The number of nitrogens with one attached hydrogen (secondary N) is 2. The largest absolute Gasteiger partial charge is 0.325 e. The van der Waals surface area contributed by atoms with Gasteiger partial charge < -0.3 is 10.6 Å². The lowest BCUT2D eigenvalue weighted by Crippen LogP contribution is -2.35. The van der Waals surface area contributed by atoms with Crippen LogP contribution in [0.5, 0.6) is 0 Å². The van der Waals surface area contributed by atoms with E-state index in [0.29, 0.717) is 0 Å². The van der Waals surface area contributed by atoms with Gasteiger partial charge in [0.15, 0.2) is 4.96 Å². The fourth-order valence-electron chi connectivity index (χ4n) is 2.73. The molecule has 23 heavy (non-hydrogen) atoms. The second-order valence-electron chi connectivity index (χ2n) is 5.43. The Morgan fingerprint density at radius 1 is 1.35 bits per heavy atom. The number of fused-ring (bicyclic) bond motifs is 1. The number of halogens is 1. The van der Waals surface area contributed by atoms with Crippen molar-refractivity contribution in [3.05, 3.63) is 42.0 Å². The third-order valence-corrected chi connectivity index (χ3v) is 4.69. The van der Waals surface area contributed by atoms with Crippen molar-refractivity contribution in [2.45, 2.75) is 18.9 Å². The zero-order chi connectivity index (χ0) is 14.9. The van der Waals surface area contributed by atoms with Crippen molar-refractivity contribution in [3.63, 3.8) is 0 Å². The second-order valence-corrected chi connectivity index (χ2v) is 6.31. The predicted octanol–water partition coefficient (Wildman–Crippen LogP) is 3.18. The van der Waals surface area contributed by atoms with Crippen LogP contribution >= 0.6 is 23.7 Å². The fourth-order valence-corrected chi connectivity index (χ4v) is 3.43. The maximum absolute atomic E-state index is 12.1. The number of carbonyl (C=O) groups excluding carboxylic acids is 1. The molecule has 0 bridgehead atoms. The molecule has 5 nitrogen and oxygen atoms in total. The maximum atomic E-state index is 12.1. The van der Waals surface area contributed by atoms with Gasteiger partial charge in [-0.25, -0.2) is 4.98 Å². The van der Waals surface area contributed by atoms with Gasteiger partial charge in [-0.3, -0.25) is 9.20 Å². The fraction of sp³-hybridized carbons (Fsp3) is 0.250. The van der Waals surface area contributed by atoms with Crippen molar-refractivity contribution in [3.8, 4) is 11.3 Å². The van der Waals surface area contributed by atoms with Crippen LogP contribution in [-0.2, 0) is 4.79 Å². The third-order valence-electron chi connectivity index (χ3n) is 3.92. The Labute approximate surface area is 144 Å². The standard InChI is InChI=1S/C16H16N4OS.ClH/c21-15(13-2-1-7-17-13)18-12-5-3-11(4-6-12)14-10-20-8-9-22-16(20)19-14;/h3-6,8-10,13,17H,1-2,7H2,(H,18,21);1H. The molecular formula is C16H17ClN4OS. The molecule has 1 aliphatic heterocycles. The van der Waals surface area contributed by atoms with Gasteiger partial charge in [0.05, 0.1) is 11.7 Å². The summed E-state index contributed by atoms with van der Waals surface area (Å²) in [6, 6.07) is 7.78. The number of thiazole rings is 1. The van der Waals surface area contributed by atoms with Crippen LogP contribution in [0.4, 0.5) is 5.69 Å². The molecule has 1 aliphatic rings. The summed E-state index contributed by atoms with van der Waals surface area (Å²) in [5.74, 6) is 0.0488. The molecule has 1 unspecified atom stereocenters. The first-order chi connectivity index (χ1) is 10.8. The Balaban J connectivity index is 0.00000156. The molecule has 0 aliphatic carbocycles. The van der Waals surface area contributed by atoms with Crippen molar-refractivity contribution in [2.24, 2.45) is 0 Å². The number of imidazole rings is 1. The molecule has 0 radical (unpaired) electrons. The molecule has 120 valence electrons. The smallest absolute Gasteiger partial charge is 0.241 e. The minimum atomic E-state index is -0.0559. The van der Waals surface area contributed by atoms with E-state index in [-0.39, 0.29) is 24.4 Å². The number of rotatable bonds is 3. The topological polar surface area (TPSA) is 58.4 Å². The Hall–Kier alpha value is -1.89. The number of nitrogens with zero attached hydrogens (tertiary/aromatic N) is 2. The van der Waals surface area contributed by atoms with Crippen LogP contribution in [0.25, 0.3) is 16.2 Å². The van der Waals surface area contributed by atoms with E-state index in [4.69, 9.17) is 0 Å². The van der Waals surface area contributed by atoms with E-state index >= 15 is 0 Å². The number of aromatic nitrogens is 2. The molecule has 1 amide bonds. The van der Waals surface area contributed by atoms with E-state index in [2.05, 4.69) is 15.6 Å². The Morgan fingerprint density at radius 3 is 2.87 bits per heavy atom. The van der Waals surface area contributed by atoms with E-state index in [0.717, 1.165) is 41.3 Å². The van der Waals surface area contributed by atoms with Gasteiger partial charge in [-0.15, -0.1) is 23.7 Å². The van der Waals surface area contributed by atoms with Gasteiger partial charge in [-0.2, -0.15) is 0 Å². The lowest BCUT2D eigenvalue weighted by molar-refractivity contribution is -0.117. The average molecular weight is 349 g/mol. The highest BCUT2D eigenvalue weighted by molar-refractivity contribution is 7.15. The number of carbonyl (C=O) groups is 1. The van der Waals surface area contributed by atoms with Gasteiger partial charge in [0, 0.05) is 29.0 Å². The molecule has 1 atom stereocenters. The van der Waals surface area contributed by atoms with Crippen molar-refractivity contribution in [1.29, 1.82) is 0 Å². The van der Waals surface area contributed by atoms with Gasteiger partial charge >= 0.3 is 0 Å². The highest BCUT2D eigenvalue weighted by Gasteiger charge is 2.21. The number of anilines is 1. The second kappa shape index (κ2) is 6.70. The van der Waals surface area contributed by atoms with E-state index in [1.165, 1.54) is 0 Å². The van der Waals surface area contributed by atoms with Crippen LogP contribution in [-0.4, -0.2) is 27.9 Å². The van der Waals surface area contributed by atoms with E-state index in [9.17, 15) is 4.79 Å². The quantitative estimate of drug-likeness (QED) is 0.764. The molecule has 3 aromatic rings. The first-order valence-corrected chi connectivity index (χ1v) is 8.24. The molecule has 3 heterocycles. The SMILES string of the molecule is Cl.O=C(Nc1ccc(-c2cn3ccsc3n2)cc1)C1CCCN1. The molecule has 7 heteroatoms. The first kappa shape index (κ1) is 16.0. The van der Waals surface area contributed by atoms with Crippen LogP contribution in [0.2, 0.25) is 0 Å². The summed E-state index contributed by atoms with van der Waals surface area (Å²) < 4.78 is 2.02. The third kappa shape index (κ3) is 3.24. The van der Waals surface area contributed by atoms with E-state index in [1.54, 1.807) is 11.3 Å². The number of amides is 1. The normalized spacial score (nSPS) is 17.1. The van der Waals surface area contributed by atoms with Gasteiger partial charge in [0.1, 0.15) is 0 Å². The molecule has 2 N–H and O–H groups in total. The summed E-state index contributed by atoms with van der Waals surface area (Å²) in [4.78, 5) is 17.6. The maximum Gasteiger partial charge on any atom is 0.241 e. The molecular weight excluding hydrogens is 332 g/mol. The molecule has 1 saturated heterocycles. The van der Waals surface area contributed by atoms with Gasteiger partial charge in [0.2, 0.25) is 5.91 Å². The number of hydrogen-bond acceptors (Lipinski definition) is 4. The summed E-state index contributed by atoms with van der Waals surface area (Å²) in [7, 11) is 0. The summed E-state index contributed by atoms with van der Waals surface area (Å²) >= 11 is 1.62. The van der Waals surface area contributed by atoms with Gasteiger partial charge in [0.25, 0.3) is 0 Å². The highest BCUT2D eigenvalue weighted by atomic mass is 35.5. The number of hydrogen-bond donors (Lipinski definition) is 2. The molecule has 1 fully saturated rings. The highest BCUT2D eigenvalue weighted by Crippen LogP contribution is 2.23. The van der Waals surface area contributed by atoms with Crippen molar-refractivity contribution >= 4 is 40.3 Å². The van der Waals surface area contributed by atoms with E-state index in [1.807, 2.05) is 46.4 Å². The number of benzene rings is 1. The molecule has 0 spiro atoms. The summed E-state index contributed by atoms with van der Waals surface area (Å²) in [5, 5.41) is 8.18. The van der Waals surface area contributed by atoms with Gasteiger partial charge in [-0.1, -0.05) is 12.1 Å². The first-order valence-electron chi connectivity index (χ1n) is 7.36. The Kier molecular flexibility index (Phi) is 4.66. The zero-order valence-electron chi connectivity index (χ0n) is 12.4. The van der Waals surface area contributed by atoms with Gasteiger partial charge in [-0.05, 0) is 31.5 Å². The monoisotopic (exact) mass is 348 g/mol. The van der Waals surface area contributed by atoms with Crippen molar-refractivity contribution in [1.82, 2.24) is 14.7 Å². The minimum absolute atomic E-state index is 0. The predicted molar refractivity (Wildman–Crippen MR) is 95.4 cm³/mol. The molecule has 1 aromatic carbocycles.